The van der Waals surface area contributed by atoms with Crippen LogP contribution in [0, 0.1) is 16.2 Å². The monoisotopic (exact) mass is 1030 g/mol. The van der Waals surface area contributed by atoms with E-state index >= 15 is 0 Å². The molecular formula is C54H69N13O8. The second-order valence-corrected chi connectivity index (χ2v) is 20.3. The van der Waals surface area contributed by atoms with Crippen LogP contribution in [0.15, 0.2) is 115 Å². The van der Waals surface area contributed by atoms with Crippen molar-refractivity contribution in [3.05, 3.63) is 154 Å². The van der Waals surface area contributed by atoms with E-state index in [1.807, 2.05) is 151 Å². The van der Waals surface area contributed by atoms with Crippen LogP contribution in [0.1, 0.15) is 133 Å². The van der Waals surface area contributed by atoms with Gasteiger partial charge in [0.2, 0.25) is 0 Å². The highest BCUT2D eigenvalue weighted by Gasteiger charge is 2.37. The molecule has 398 valence electrons. The first kappa shape index (κ1) is 56.5. The minimum absolute atomic E-state index is 0.00301. The zero-order valence-electron chi connectivity index (χ0n) is 44.2. The first-order chi connectivity index (χ1) is 35.9. The minimum atomic E-state index is -0.985. The second-order valence-electron chi connectivity index (χ2n) is 20.3. The largest absolute Gasteiger partial charge is 0.466 e. The van der Waals surface area contributed by atoms with Gasteiger partial charge in [-0.3, -0.25) is 24.1 Å². The molecule has 0 aliphatic rings. The molecule has 3 aromatic heterocycles. The van der Waals surface area contributed by atoms with Crippen molar-refractivity contribution >= 4 is 23.9 Å². The Labute approximate surface area is 437 Å². The van der Waals surface area contributed by atoms with E-state index in [-0.39, 0.29) is 63.4 Å². The van der Waals surface area contributed by atoms with Gasteiger partial charge in [0.1, 0.15) is 6.54 Å². The van der Waals surface area contributed by atoms with Crippen LogP contribution < -0.4 is 0 Å². The number of azide groups is 1. The second kappa shape index (κ2) is 26.4. The number of ether oxygens (including phenoxy) is 4. The van der Waals surface area contributed by atoms with Crippen LogP contribution in [0.5, 0.6) is 0 Å². The molecule has 0 aliphatic carbocycles. The van der Waals surface area contributed by atoms with Crippen molar-refractivity contribution < 1.29 is 38.1 Å². The van der Waals surface area contributed by atoms with Crippen molar-refractivity contribution in [3.8, 4) is 0 Å². The Morgan fingerprint density at radius 2 is 0.880 bits per heavy atom. The average Bonchev–Trinajstić information content (AvgIpc) is 4.19. The third-order valence-corrected chi connectivity index (χ3v) is 12.7. The molecule has 0 fully saturated rings. The maximum atomic E-state index is 13.6. The van der Waals surface area contributed by atoms with Crippen LogP contribution in [0.25, 0.3) is 10.4 Å². The van der Waals surface area contributed by atoms with Crippen molar-refractivity contribution in [1.29, 1.82) is 0 Å². The Bertz CT molecular complexity index is 2710. The third-order valence-electron chi connectivity index (χ3n) is 12.7. The summed E-state index contributed by atoms with van der Waals surface area (Å²) < 4.78 is 27.0. The lowest BCUT2D eigenvalue weighted by atomic mass is 9.83. The average molecular weight is 1030 g/mol. The molecule has 75 heavy (non-hydrogen) atoms. The van der Waals surface area contributed by atoms with Gasteiger partial charge in [0.15, 0.2) is 0 Å². The van der Waals surface area contributed by atoms with Gasteiger partial charge in [-0.2, -0.15) is 0 Å². The van der Waals surface area contributed by atoms with Gasteiger partial charge in [-0.25, -0.2) is 14.0 Å². The Kier molecular flexibility index (Phi) is 19.9. The van der Waals surface area contributed by atoms with Gasteiger partial charge in [0.25, 0.3) is 0 Å². The van der Waals surface area contributed by atoms with Crippen LogP contribution in [0.4, 0.5) is 0 Å². The summed E-state index contributed by atoms with van der Waals surface area (Å²) in [6.07, 6.45) is 7.04. The number of hydrogen-bond acceptors (Lipinski definition) is 16. The van der Waals surface area contributed by atoms with Crippen LogP contribution in [-0.4, -0.2) is 107 Å². The topological polar surface area (TPSA) is 249 Å². The van der Waals surface area contributed by atoms with Gasteiger partial charge in [-0.15, -0.1) is 15.3 Å². The molecule has 0 spiro atoms. The number of hydrogen-bond donors (Lipinski definition) is 0. The molecule has 21 heteroatoms. The molecule has 21 nitrogen and oxygen atoms in total. The molecule has 3 aromatic carbocycles. The fraction of sp³-hybridized carbons (Fsp3) is 0.481. The molecule has 0 N–H and O–H groups in total. The molecule has 3 heterocycles. The molecular weight excluding hydrogens is 959 g/mol. The number of rotatable bonds is 29. The van der Waals surface area contributed by atoms with Crippen molar-refractivity contribution in [1.82, 2.24) is 49.9 Å². The molecule has 0 bridgehead atoms. The smallest absolute Gasteiger partial charge is 0.311 e. The standard InChI is InChI=1S/C54H69N13O8/c1-9-72-49(69)52(3,4)29-45(39-21-14-11-15-22-39)65-36-42(57-61-65)33-64(34-43-37-66(62-58-43)46(40-23-16-12-17-24-40)30-53(5,6)50(70)73-10-2)35-44-38-67(63-59-44)47(41-25-18-13-19-26-41)31-54(7,8)51(71)75-28-20-27-74-48(68)32-56-60-55/h11-19,21-26,36-38,45-47H,9-10,20,27-35H2,1-8H3. The Balaban J connectivity index is 1.29. The van der Waals surface area contributed by atoms with E-state index in [2.05, 4.69) is 45.9 Å². The van der Waals surface area contributed by atoms with E-state index < -0.39 is 40.8 Å². The minimum Gasteiger partial charge on any atom is -0.466 e. The normalized spacial score (nSPS) is 13.1. The molecule has 0 radical (unpaired) electrons. The molecule has 3 unspecified atom stereocenters. The summed E-state index contributed by atoms with van der Waals surface area (Å²) in [5, 5.41) is 31.1. The highest BCUT2D eigenvalue weighted by molar-refractivity contribution is 5.77. The van der Waals surface area contributed by atoms with E-state index in [1.165, 1.54) is 0 Å². The maximum absolute atomic E-state index is 13.6. The van der Waals surface area contributed by atoms with E-state index in [0.29, 0.717) is 49.4 Å². The van der Waals surface area contributed by atoms with Gasteiger partial charge >= 0.3 is 23.9 Å². The molecule has 0 amide bonds. The zero-order chi connectivity index (χ0) is 54.0. The predicted octanol–water partition coefficient (Wildman–Crippen LogP) is 8.59. The summed E-state index contributed by atoms with van der Waals surface area (Å²) in [4.78, 5) is 56.3. The highest BCUT2D eigenvalue weighted by Crippen LogP contribution is 2.37. The van der Waals surface area contributed by atoms with Crippen LogP contribution in [0.2, 0.25) is 0 Å². The lowest BCUT2D eigenvalue weighted by Crippen LogP contribution is -2.31. The van der Waals surface area contributed by atoms with E-state index in [1.54, 1.807) is 27.9 Å². The molecule has 0 saturated carbocycles. The van der Waals surface area contributed by atoms with E-state index in [9.17, 15) is 19.2 Å². The van der Waals surface area contributed by atoms with E-state index in [0.717, 1.165) is 16.7 Å². The lowest BCUT2D eigenvalue weighted by molar-refractivity contribution is -0.156. The highest BCUT2D eigenvalue weighted by atomic mass is 16.6. The van der Waals surface area contributed by atoms with Crippen LogP contribution in [-0.2, 0) is 57.8 Å². The summed E-state index contributed by atoms with van der Waals surface area (Å²) in [5.74, 6) is -1.70. The fourth-order valence-electron chi connectivity index (χ4n) is 8.68. The first-order valence-corrected chi connectivity index (χ1v) is 25.2. The number of benzene rings is 3. The molecule has 0 saturated heterocycles. The molecule has 6 rings (SSSR count). The van der Waals surface area contributed by atoms with Crippen molar-refractivity contribution in [2.75, 3.05) is 33.0 Å². The van der Waals surface area contributed by atoms with Crippen LogP contribution >= 0.6 is 0 Å². The predicted molar refractivity (Wildman–Crippen MR) is 276 cm³/mol. The summed E-state index contributed by atoms with van der Waals surface area (Å²) in [6.45, 7) is 15.7. The lowest BCUT2D eigenvalue weighted by Gasteiger charge is -2.28. The fourth-order valence-corrected chi connectivity index (χ4v) is 8.68. The third kappa shape index (κ3) is 16.1. The Morgan fingerprint density at radius 1 is 0.547 bits per heavy atom. The number of esters is 4. The zero-order valence-corrected chi connectivity index (χ0v) is 44.2. The molecule has 6 aromatic rings. The summed E-state index contributed by atoms with van der Waals surface area (Å²) in [7, 11) is 0. The number of nitrogens with zero attached hydrogens (tertiary/aromatic N) is 13. The number of carbonyl (C=O) groups excluding carboxylic acids is 4. The number of carbonyl (C=O) groups is 4. The molecule has 0 aliphatic heterocycles. The van der Waals surface area contributed by atoms with Crippen molar-refractivity contribution in [2.24, 2.45) is 21.4 Å². The first-order valence-electron chi connectivity index (χ1n) is 25.2. The summed E-state index contributed by atoms with van der Waals surface area (Å²) >= 11 is 0. The van der Waals surface area contributed by atoms with Crippen molar-refractivity contribution in [3.63, 3.8) is 0 Å². The summed E-state index contributed by atoms with van der Waals surface area (Å²) in [5.41, 5.74) is 10.5. The maximum Gasteiger partial charge on any atom is 0.311 e. The Hall–Kier alpha value is -7.77. The quantitative estimate of drug-likeness (QED) is 0.0107. The molecule has 3 atom stereocenters. The van der Waals surface area contributed by atoms with E-state index in [4.69, 9.17) is 24.5 Å². The van der Waals surface area contributed by atoms with Gasteiger partial charge in [-0.1, -0.05) is 112 Å². The van der Waals surface area contributed by atoms with Gasteiger partial charge < -0.3 is 18.9 Å². The van der Waals surface area contributed by atoms with Crippen molar-refractivity contribution in [2.45, 2.75) is 119 Å². The Morgan fingerprint density at radius 3 is 1.21 bits per heavy atom. The van der Waals surface area contributed by atoms with Gasteiger partial charge in [0.05, 0.1) is 96.5 Å². The SMILES string of the molecule is CCOC(=O)C(C)(C)CC(c1ccccc1)n1cc(CN(Cc2cn(C(CC(C)(C)C(=O)OCC)c3ccccc3)nn2)Cc2cn(C(CC(C)(C)C(=O)OCCCOC(=O)CN=[N+]=[N-])c3ccccc3)nn2)nn1. The van der Waals surface area contributed by atoms with Crippen LogP contribution in [0.3, 0.4) is 0 Å². The number of aromatic nitrogens is 9. The van der Waals surface area contributed by atoms with Gasteiger partial charge in [-0.05, 0) is 96.9 Å². The van der Waals surface area contributed by atoms with Gasteiger partial charge in [0, 0.05) is 31.0 Å². The summed E-state index contributed by atoms with van der Waals surface area (Å²) in [6, 6.07) is 28.4.